The Bertz CT molecular complexity index is 1520. The minimum absolute atomic E-state index is 0.166. The van der Waals surface area contributed by atoms with Gasteiger partial charge >= 0.3 is 0 Å². The molecule has 38 heavy (non-hydrogen) atoms. The molecule has 2 N–H and O–H groups in total. The molecule has 8 heteroatoms. The Hall–Kier alpha value is -4.59. The van der Waals surface area contributed by atoms with E-state index in [1.54, 1.807) is 6.07 Å². The Labute approximate surface area is 220 Å². The summed E-state index contributed by atoms with van der Waals surface area (Å²) in [5.74, 6) is -0.773. The highest BCUT2D eigenvalue weighted by Gasteiger charge is 2.32. The molecule has 1 aliphatic heterocycles. The fourth-order valence-electron chi connectivity index (χ4n) is 4.80. The number of hydrogen-bond donors (Lipinski definition) is 2. The second kappa shape index (κ2) is 10.0. The van der Waals surface area contributed by atoms with Gasteiger partial charge < -0.3 is 24.6 Å². The van der Waals surface area contributed by atoms with E-state index in [1.807, 2.05) is 36.4 Å². The number of anilines is 1. The quantitative estimate of drug-likeness (QED) is 0.361. The number of carbonyl (C=O) groups excluding carboxylic acids is 2. The fraction of sp³-hybridized carbons (Fsp3) is 0.233. The highest BCUT2D eigenvalue weighted by atomic mass is 16.5. The molecule has 4 aromatic rings. The number of nitrogens with zero attached hydrogens (tertiary/aromatic N) is 2. The van der Waals surface area contributed by atoms with Gasteiger partial charge in [0.2, 0.25) is 5.76 Å². The largest absolute Gasteiger partial charge is 0.493 e. The van der Waals surface area contributed by atoms with E-state index in [1.165, 1.54) is 28.6 Å². The topological polar surface area (TPSA) is 105 Å². The number of aromatic hydroxyl groups is 1. The maximum Gasteiger partial charge on any atom is 0.293 e. The van der Waals surface area contributed by atoms with Gasteiger partial charge in [-0.1, -0.05) is 30.3 Å². The van der Waals surface area contributed by atoms with Crippen molar-refractivity contribution in [3.05, 3.63) is 94.2 Å². The zero-order valence-corrected chi connectivity index (χ0v) is 21.7. The summed E-state index contributed by atoms with van der Waals surface area (Å²) >= 11 is 0. The fourth-order valence-corrected chi connectivity index (χ4v) is 4.80. The van der Waals surface area contributed by atoms with Crippen LogP contribution in [0.1, 0.15) is 44.4 Å². The summed E-state index contributed by atoms with van der Waals surface area (Å²) in [6, 6.07) is 17.5. The standard InChI is InChI=1S/C30H29N3O5/c1-17-5-11-24(19(3)18(17)2)20-6-9-23(10-7-20)31-29(35)28(22-8-12-25-21(15-22)13-14-37-25)33(4)30(36)26-16-27(34)32-38-26/h5-12,15-16,28H,13-14H2,1-4H3,(H,31,35)(H,32,34). The van der Waals surface area contributed by atoms with Crippen molar-refractivity contribution >= 4 is 17.5 Å². The van der Waals surface area contributed by atoms with Gasteiger partial charge in [-0.15, -0.1) is 0 Å². The van der Waals surface area contributed by atoms with Crippen molar-refractivity contribution in [1.82, 2.24) is 10.1 Å². The first kappa shape index (κ1) is 25.1. The maximum atomic E-state index is 13.7. The summed E-state index contributed by atoms with van der Waals surface area (Å²) in [7, 11) is 1.52. The summed E-state index contributed by atoms with van der Waals surface area (Å²) in [4.78, 5) is 28.1. The number of aryl methyl sites for hydroxylation is 1. The van der Waals surface area contributed by atoms with E-state index < -0.39 is 23.7 Å². The van der Waals surface area contributed by atoms with Crippen LogP contribution in [0.25, 0.3) is 11.1 Å². The number of likely N-dealkylation sites (N-methyl/N-ethyl adjacent to an activating group) is 1. The van der Waals surface area contributed by atoms with Crippen LogP contribution in [0.15, 0.2) is 65.2 Å². The molecule has 1 unspecified atom stereocenters. The zero-order valence-electron chi connectivity index (χ0n) is 21.7. The summed E-state index contributed by atoms with van der Waals surface area (Å²) < 4.78 is 10.5. The van der Waals surface area contributed by atoms with Gasteiger partial charge in [-0.3, -0.25) is 9.59 Å². The van der Waals surface area contributed by atoms with E-state index in [2.05, 4.69) is 43.4 Å². The van der Waals surface area contributed by atoms with Crippen molar-refractivity contribution in [3.63, 3.8) is 0 Å². The lowest BCUT2D eigenvalue weighted by molar-refractivity contribution is -0.120. The zero-order chi connectivity index (χ0) is 27.0. The summed E-state index contributed by atoms with van der Waals surface area (Å²) in [6.45, 7) is 6.91. The first-order chi connectivity index (χ1) is 18.2. The third-order valence-electron chi connectivity index (χ3n) is 7.22. The highest BCUT2D eigenvalue weighted by Crippen LogP contribution is 2.32. The predicted molar refractivity (Wildman–Crippen MR) is 143 cm³/mol. The van der Waals surface area contributed by atoms with E-state index in [9.17, 15) is 14.7 Å². The number of amides is 2. The minimum atomic E-state index is -0.970. The van der Waals surface area contributed by atoms with E-state index >= 15 is 0 Å². The van der Waals surface area contributed by atoms with Crippen molar-refractivity contribution in [2.24, 2.45) is 0 Å². The van der Waals surface area contributed by atoms with Crippen LogP contribution in [0.3, 0.4) is 0 Å². The number of fused-ring (bicyclic) bond motifs is 1. The average molecular weight is 512 g/mol. The molecule has 5 rings (SSSR count). The second-order valence-electron chi connectivity index (χ2n) is 9.58. The van der Waals surface area contributed by atoms with Gasteiger partial charge in [-0.2, -0.15) is 0 Å². The maximum absolute atomic E-state index is 13.7. The molecule has 0 bridgehead atoms. The number of ether oxygens (including phenoxy) is 1. The SMILES string of the molecule is Cc1ccc(-c2ccc(NC(=O)C(c3ccc4c(c3)CCO4)N(C)C(=O)c3cc(O)no3)cc2)c(C)c1C. The number of hydrogen-bond acceptors (Lipinski definition) is 6. The molecule has 0 aliphatic carbocycles. The molecule has 2 heterocycles. The minimum Gasteiger partial charge on any atom is -0.493 e. The molecule has 1 atom stereocenters. The molecule has 3 aromatic carbocycles. The lowest BCUT2D eigenvalue weighted by atomic mass is 9.94. The molecule has 8 nitrogen and oxygen atoms in total. The molecular weight excluding hydrogens is 482 g/mol. The van der Waals surface area contributed by atoms with Crippen LogP contribution in [0.2, 0.25) is 0 Å². The van der Waals surface area contributed by atoms with Crippen LogP contribution in [-0.4, -0.2) is 40.6 Å². The Morgan fingerprint density at radius 2 is 1.76 bits per heavy atom. The highest BCUT2D eigenvalue weighted by molar-refractivity contribution is 6.00. The third-order valence-corrected chi connectivity index (χ3v) is 7.22. The van der Waals surface area contributed by atoms with Crippen molar-refractivity contribution in [1.29, 1.82) is 0 Å². The van der Waals surface area contributed by atoms with Crippen LogP contribution in [0.5, 0.6) is 11.6 Å². The first-order valence-electron chi connectivity index (χ1n) is 12.4. The molecule has 0 saturated heterocycles. The lowest BCUT2D eigenvalue weighted by Gasteiger charge is -2.27. The van der Waals surface area contributed by atoms with Crippen LogP contribution in [-0.2, 0) is 11.2 Å². The van der Waals surface area contributed by atoms with Gasteiger partial charge in [0, 0.05) is 19.2 Å². The van der Waals surface area contributed by atoms with Crippen molar-refractivity contribution < 1.29 is 24.0 Å². The van der Waals surface area contributed by atoms with Crippen LogP contribution < -0.4 is 10.1 Å². The molecule has 0 fully saturated rings. The third kappa shape index (κ3) is 4.72. The van der Waals surface area contributed by atoms with E-state index in [4.69, 9.17) is 9.26 Å². The van der Waals surface area contributed by atoms with Crippen LogP contribution in [0.4, 0.5) is 5.69 Å². The van der Waals surface area contributed by atoms with Crippen molar-refractivity contribution in [3.8, 4) is 22.8 Å². The van der Waals surface area contributed by atoms with E-state index in [0.29, 0.717) is 17.9 Å². The summed E-state index contributed by atoms with van der Waals surface area (Å²) in [6.07, 6.45) is 0.727. The van der Waals surface area contributed by atoms with Gasteiger partial charge in [0.15, 0.2) is 0 Å². The monoisotopic (exact) mass is 511 g/mol. The lowest BCUT2D eigenvalue weighted by Crippen LogP contribution is -2.38. The second-order valence-corrected chi connectivity index (χ2v) is 9.58. The van der Waals surface area contributed by atoms with E-state index in [0.717, 1.165) is 34.9 Å². The molecule has 1 aromatic heterocycles. The van der Waals surface area contributed by atoms with Gasteiger partial charge in [-0.25, -0.2) is 0 Å². The number of carbonyl (C=O) groups is 2. The molecule has 194 valence electrons. The smallest absolute Gasteiger partial charge is 0.293 e. The molecular formula is C30H29N3O5. The first-order valence-corrected chi connectivity index (χ1v) is 12.4. The molecule has 0 spiro atoms. The Balaban J connectivity index is 1.43. The van der Waals surface area contributed by atoms with Gasteiger partial charge in [0.05, 0.1) is 12.7 Å². The van der Waals surface area contributed by atoms with Crippen LogP contribution in [0, 0.1) is 20.8 Å². The Morgan fingerprint density at radius 1 is 1.00 bits per heavy atom. The van der Waals surface area contributed by atoms with Crippen molar-refractivity contribution in [2.45, 2.75) is 33.2 Å². The van der Waals surface area contributed by atoms with Gasteiger partial charge in [0.1, 0.15) is 11.8 Å². The Morgan fingerprint density at radius 3 is 2.47 bits per heavy atom. The van der Waals surface area contributed by atoms with Crippen LogP contribution >= 0.6 is 0 Å². The summed E-state index contributed by atoms with van der Waals surface area (Å²) in [5.41, 5.74) is 8.14. The molecule has 0 radical (unpaired) electrons. The number of aromatic nitrogens is 1. The average Bonchev–Trinajstić information content (AvgIpc) is 3.56. The predicted octanol–water partition coefficient (Wildman–Crippen LogP) is 5.36. The number of nitrogens with one attached hydrogen (secondary N) is 1. The van der Waals surface area contributed by atoms with Gasteiger partial charge in [0.25, 0.3) is 17.7 Å². The molecule has 1 aliphatic rings. The molecule has 0 saturated carbocycles. The van der Waals surface area contributed by atoms with Crippen molar-refractivity contribution in [2.75, 3.05) is 19.0 Å². The number of rotatable bonds is 6. The van der Waals surface area contributed by atoms with E-state index in [-0.39, 0.29) is 5.76 Å². The normalized spacial score (nSPS) is 12.9. The van der Waals surface area contributed by atoms with Gasteiger partial charge in [-0.05, 0) is 89.1 Å². The Kier molecular flexibility index (Phi) is 6.63. The summed E-state index contributed by atoms with van der Waals surface area (Å²) in [5, 5.41) is 15.9. The molecule has 2 amide bonds. The number of benzene rings is 3.